The monoisotopic (exact) mass is 247 g/mol. The van der Waals surface area contributed by atoms with Crippen LogP contribution in [0.2, 0.25) is 0 Å². The van der Waals surface area contributed by atoms with Crippen LogP contribution in [0.4, 0.5) is 0 Å². The SMILES string of the molecule is Cc1nc(C(N)c2ccc(OC(C)C)cc2)no1. The van der Waals surface area contributed by atoms with Crippen molar-refractivity contribution in [3.05, 3.63) is 41.5 Å². The second-order valence-corrected chi connectivity index (χ2v) is 4.38. The van der Waals surface area contributed by atoms with Crippen LogP contribution in [0.25, 0.3) is 0 Å². The molecule has 0 radical (unpaired) electrons. The highest BCUT2D eigenvalue weighted by Crippen LogP contribution is 2.20. The van der Waals surface area contributed by atoms with E-state index in [1.165, 1.54) is 0 Å². The molecule has 5 heteroatoms. The molecule has 1 aromatic heterocycles. The number of rotatable bonds is 4. The predicted octanol–water partition coefficient (Wildman–Crippen LogP) is 2.21. The number of aryl methyl sites for hydroxylation is 1. The van der Waals surface area contributed by atoms with E-state index in [4.69, 9.17) is 15.0 Å². The van der Waals surface area contributed by atoms with Crippen molar-refractivity contribution >= 4 is 0 Å². The summed E-state index contributed by atoms with van der Waals surface area (Å²) in [4.78, 5) is 4.12. The van der Waals surface area contributed by atoms with Crippen LogP contribution in [0.1, 0.15) is 37.2 Å². The molecule has 0 fully saturated rings. The molecule has 1 heterocycles. The minimum atomic E-state index is -0.379. The molecular weight excluding hydrogens is 230 g/mol. The van der Waals surface area contributed by atoms with E-state index in [0.717, 1.165) is 11.3 Å². The van der Waals surface area contributed by atoms with Gasteiger partial charge in [0.2, 0.25) is 5.89 Å². The van der Waals surface area contributed by atoms with Gasteiger partial charge in [-0.1, -0.05) is 17.3 Å². The number of ether oxygens (including phenoxy) is 1. The van der Waals surface area contributed by atoms with E-state index in [2.05, 4.69) is 10.1 Å². The van der Waals surface area contributed by atoms with Crippen LogP contribution >= 0.6 is 0 Å². The molecular formula is C13H17N3O2. The maximum atomic E-state index is 6.06. The molecule has 5 nitrogen and oxygen atoms in total. The van der Waals surface area contributed by atoms with E-state index in [9.17, 15) is 0 Å². The standard InChI is InChI=1S/C13H17N3O2/c1-8(2)17-11-6-4-10(5-7-11)12(14)13-15-9(3)18-16-13/h4-8,12H,14H2,1-3H3. The van der Waals surface area contributed by atoms with Gasteiger partial charge in [-0.2, -0.15) is 4.98 Å². The summed E-state index contributed by atoms with van der Waals surface area (Å²) < 4.78 is 10.5. The lowest BCUT2D eigenvalue weighted by atomic mass is 10.1. The van der Waals surface area contributed by atoms with Gasteiger partial charge in [-0.3, -0.25) is 0 Å². The fourth-order valence-corrected chi connectivity index (χ4v) is 1.62. The highest BCUT2D eigenvalue weighted by atomic mass is 16.5. The fourth-order valence-electron chi connectivity index (χ4n) is 1.62. The van der Waals surface area contributed by atoms with Crippen LogP contribution in [0.5, 0.6) is 5.75 Å². The third-order valence-corrected chi connectivity index (χ3v) is 2.43. The Morgan fingerprint density at radius 3 is 2.39 bits per heavy atom. The first-order valence-electron chi connectivity index (χ1n) is 5.88. The van der Waals surface area contributed by atoms with Crippen molar-refractivity contribution in [3.8, 4) is 5.75 Å². The average molecular weight is 247 g/mol. The van der Waals surface area contributed by atoms with Crippen molar-refractivity contribution < 1.29 is 9.26 Å². The van der Waals surface area contributed by atoms with Gasteiger partial charge >= 0.3 is 0 Å². The number of aromatic nitrogens is 2. The molecule has 1 aromatic carbocycles. The van der Waals surface area contributed by atoms with Crippen LogP contribution in [-0.4, -0.2) is 16.2 Å². The van der Waals surface area contributed by atoms with Gasteiger partial charge in [-0.15, -0.1) is 0 Å². The van der Waals surface area contributed by atoms with Gasteiger partial charge in [-0.05, 0) is 31.5 Å². The fraction of sp³-hybridized carbons (Fsp3) is 0.385. The zero-order chi connectivity index (χ0) is 13.1. The topological polar surface area (TPSA) is 74.2 Å². The van der Waals surface area contributed by atoms with E-state index in [1.54, 1.807) is 6.92 Å². The molecule has 0 bridgehead atoms. The smallest absolute Gasteiger partial charge is 0.223 e. The van der Waals surface area contributed by atoms with Crippen molar-refractivity contribution in [1.82, 2.24) is 10.1 Å². The largest absolute Gasteiger partial charge is 0.491 e. The van der Waals surface area contributed by atoms with E-state index in [0.29, 0.717) is 11.7 Å². The number of benzene rings is 1. The summed E-state index contributed by atoms with van der Waals surface area (Å²) in [6, 6.07) is 7.22. The Kier molecular flexibility index (Phi) is 3.62. The third-order valence-electron chi connectivity index (χ3n) is 2.43. The van der Waals surface area contributed by atoms with Gasteiger partial charge in [0.15, 0.2) is 5.82 Å². The Labute approximate surface area is 106 Å². The molecule has 2 rings (SSSR count). The van der Waals surface area contributed by atoms with Crippen LogP contribution < -0.4 is 10.5 Å². The third kappa shape index (κ3) is 2.87. The first-order chi connectivity index (χ1) is 8.56. The summed E-state index contributed by atoms with van der Waals surface area (Å²) in [6.45, 7) is 5.71. The van der Waals surface area contributed by atoms with Crippen molar-refractivity contribution in [1.29, 1.82) is 0 Å². The van der Waals surface area contributed by atoms with Crippen molar-refractivity contribution in [2.75, 3.05) is 0 Å². The molecule has 1 unspecified atom stereocenters. The van der Waals surface area contributed by atoms with Gasteiger partial charge < -0.3 is 15.0 Å². The number of hydrogen-bond donors (Lipinski definition) is 1. The summed E-state index contributed by atoms with van der Waals surface area (Å²) >= 11 is 0. The highest BCUT2D eigenvalue weighted by molar-refractivity contribution is 5.31. The molecule has 0 saturated carbocycles. The first-order valence-corrected chi connectivity index (χ1v) is 5.88. The molecule has 0 aliphatic rings. The summed E-state index contributed by atoms with van der Waals surface area (Å²) in [7, 11) is 0. The van der Waals surface area contributed by atoms with Crippen molar-refractivity contribution in [2.45, 2.75) is 32.9 Å². The molecule has 0 aliphatic heterocycles. The van der Waals surface area contributed by atoms with Gasteiger partial charge in [-0.25, -0.2) is 0 Å². The average Bonchev–Trinajstić information content (AvgIpc) is 2.75. The van der Waals surface area contributed by atoms with E-state index >= 15 is 0 Å². The summed E-state index contributed by atoms with van der Waals surface area (Å²) in [5, 5.41) is 3.82. The van der Waals surface area contributed by atoms with Gasteiger partial charge in [0, 0.05) is 6.92 Å². The lowest BCUT2D eigenvalue weighted by molar-refractivity contribution is 0.242. The van der Waals surface area contributed by atoms with Crippen LogP contribution in [0, 0.1) is 6.92 Å². The predicted molar refractivity (Wildman–Crippen MR) is 67.3 cm³/mol. The molecule has 96 valence electrons. The zero-order valence-corrected chi connectivity index (χ0v) is 10.8. The molecule has 0 amide bonds. The molecule has 0 spiro atoms. The Morgan fingerprint density at radius 1 is 1.22 bits per heavy atom. The summed E-state index contributed by atoms with van der Waals surface area (Å²) in [5.41, 5.74) is 6.98. The number of nitrogens with zero attached hydrogens (tertiary/aromatic N) is 2. The summed E-state index contributed by atoms with van der Waals surface area (Å²) in [5.74, 6) is 1.83. The Balaban J connectivity index is 2.14. The lowest BCUT2D eigenvalue weighted by Gasteiger charge is -2.11. The first kappa shape index (κ1) is 12.6. The minimum Gasteiger partial charge on any atom is -0.491 e. The van der Waals surface area contributed by atoms with Gasteiger partial charge in [0.1, 0.15) is 5.75 Å². The lowest BCUT2D eigenvalue weighted by Crippen LogP contribution is -2.13. The quantitative estimate of drug-likeness (QED) is 0.896. The minimum absolute atomic E-state index is 0.157. The zero-order valence-electron chi connectivity index (χ0n) is 10.8. The van der Waals surface area contributed by atoms with E-state index in [-0.39, 0.29) is 12.1 Å². The maximum absolute atomic E-state index is 6.06. The van der Waals surface area contributed by atoms with E-state index < -0.39 is 0 Å². The normalized spacial score (nSPS) is 12.7. The van der Waals surface area contributed by atoms with Crippen LogP contribution in [0.3, 0.4) is 0 Å². The molecule has 1 atom stereocenters. The van der Waals surface area contributed by atoms with Gasteiger partial charge in [0.25, 0.3) is 0 Å². The molecule has 2 aromatic rings. The Morgan fingerprint density at radius 2 is 1.89 bits per heavy atom. The maximum Gasteiger partial charge on any atom is 0.223 e. The van der Waals surface area contributed by atoms with Gasteiger partial charge in [0.05, 0.1) is 12.1 Å². The second kappa shape index (κ2) is 5.18. The molecule has 18 heavy (non-hydrogen) atoms. The molecule has 0 aliphatic carbocycles. The Bertz CT molecular complexity index is 505. The number of nitrogens with two attached hydrogens (primary N) is 1. The summed E-state index contributed by atoms with van der Waals surface area (Å²) in [6.07, 6.45) is 0.157. The number of hydrogen-bond acceptors (Lipinski definition) is 5. The molecule has 2 N–H and O–H groups in total. The second-order valence-electron chi connectivity index (χ2n) is 4.38. The van der Waals surface area contributed by atoms with Crippen LogP contribution in [0.15, 0.2) is 28.8 Å². The van der Waals surface area contributed by atoms with E-state index in [1.807, 2.05) is 38.1 Å². The Hall–Kier alpha value is -1.88. The molecule has 0 saturated heterocycles. The van der Waals surface area contributed by atoms with Crippen LogP contribution in [-0.2, 0) is 0 Å². The highest BCUT2D eigenvalue weighted by Gasteiger charge is 2.14. The van der Waals surface area contributed by atoms with Crippen molar-refractivity contribution in [3.63, 3.8) is 0 Å². The van der Waals surface area contributed by atoms with Crippen molar-refractivity contribution in [2.24, 2.45) is 5.73 Å².